The Morgan fingerprint density at radius 1 is 1.33 bits per heavy atom. The zero-order valence-corrected chi connectivity index (χ0v) is 12.3. The van der Waals surface area contributed by atoms with Crippen LogP contribution in [0, 0.1) is 0 Å². The van der Waals surface area contributed by atoms with Crippen molar-refractivity contribution in [3.8, 4) is 0 Å². The predicted molar refractivity (Wildman–Crippen MR) is 74.7 cm³/mol. The molecule has 0 saturated carbocycles. The summed E-state index contributed by atoms with van der Waals surface area (Å²) in [7, 11) is -3.05. The van der Waals surface area contributed by atoms with Gasteiger partial charge < -0.3 is 5.32 Å². The maximum atomic E-state index is 11.8. The molecule has 0 aliphatic rings. The maximum Gasteiger partial charge on any atom is 0.242 e. The maximum absolute atomic E-state index is 11.8. The van der Waals surface area contributed by atoms with Crippen molar-refractivity contribution in [3.63, 3.8) is 0 Å². The third-order valence-corrected chi connectivity index (χ3v) is 4.77. The average Bonchev–Trinajstić information content (AvgIpc) is 2.28. The Kier molecular flexibility index (Phi) is 5.30. The van der Waals surface area contributed by atoms with Crippen LogP contribution in [0.5, 0.6) is 0 Å². The Labute approximate surface area is 110 Å². The van der Waals surface area contributed by atoms with Crippen molar-refractivity contribution in [1.82, 2.24) is 4.72 Å². The van der Waals surface area contributed by atoms with Crippen molar-refractivity contribution in [1.29, 1.82) is 0 Å². The Balaban J connectivity index is 3.00. The largest absolute Gasteiger partial charge is 0.381 e. The van der Waals surface area contributed by atoms with Crippen LogP contribution in [0.25, 0.3) is 0 Å². The van der Waals surface area contributed by atoms with Gasteiger partial charge in [-0.15, -0.1) is 0 Å². The summed E-state index contributed by atoms with van der Waals surface area (Å²) in [5, 5.41) is 3.07. The minimum atomic E-state index is -3.49. The molecule has 0 aromatic heterocycles. The van der Waals surface area contributed by atoms with Crippen LogP contribution < -0.4 is 10.0 Å². The van der Waals surface area contributed by atoms with Crippen molar-refractivity contribution in [3.05, 3.63) is 24.3 Å². The zero-order chi connectivity index (χ0) is 13.8. The minimum Gasteiger partial charge on any atom is -0.381 e. The first-order chi connectivity index (χ1) is 8.36. The molecule has 0 spiro atoms. The van der Waals surface area contributed by atoms with Gasteiger partial charge in [-0.1, -0.05) is 12.1 Å². The van der Waals surface area contributed by atoms with Crippen LogP contribution in [0.4, 0.5) is 5.69 Å². The Bertz CT molecular complexity index is 529. The second-order valence-corrected chi connectivity index (χ2v) is 7.32. The summed E-state index contributed by atoms with van der Waals surface area (Å²) in [4.78, 5) is 0.196. The Morgan fingerprint density at radius 3 is 2.50 bits per heavy atom. The van der Waals surface area contributed by atoms with Crippen molar-refractivity contribution >= 4 is 26.5 Å². The van der Waals surface area contributed by atoms with E-state index >= 15 is 0 Å². The van der Waals surface area contributed by atoms with E-state index in [-0.39, 0.29) is 10.9 Å². The zero-order valence-electron chi connectivity index (χ0n) is 10.6. The van der Waals surface area contributed by atoms with Gasteiger partial charge >= 0.3 is 0 Å². The lowest BCUT2D eigenvalue weighted by Crippen LogP contribution is -2.25. The van der Waals surface area contributed by atoms with Gasteiger partial charge in [-0.05, 0) is 26.1 Å². The SMILES string of the molecule is CNS(=O)(=O)c1ccccc1NC(C)CS(C)=O. The van der Waals surface area contributed by atoms with Gasteiger partial charge in [0.25, 0.3) is 0 Å². The molecule has 1 aromatic carbocycles. The molecule has 102 valence electrons. The van der Waals surface area contributed by atoms with E-state index in [4.69, 9.17) is 0 Å². The van der Waals surface area contributed by atoms with Crippen LogP contribution in [0.2, 0.25) is 0 Å². The van der Waals surface area contributed by atoms with Crippen molar-refractivity contribution in [2.75, 3.05) is 24.4 Å². The highest BCUT2D eigenvalue weighted by Crippen LogP contribution is 2.21. The number of nitrogens with one attached hydrogen (secondary N) is 2. The molecule has 5 nitrogen and oxygen atoms in total. The number of benzene rings is 1. The third-order valence-electron chi connectivity index (χ3n) is 2.33. The van der Waals surface area contributed by atoms with Crippen LogP contribution in [0.3, 0.4) is 0 Å². The molecule has 0 radical (unpaired) electrons. The molecule has 1 rings (SSSR count). The molecule has 0 bridgehead atoms. The molecule has 0 aliphatic carbocycles. The fourth-order valence-corrected chi connectivity index (χ4v) is 3.27. The summed E-state index contributed by atoms with van der Waals surface area (Å²) in [5.41, 5.74) is 0.518. The minimum absolute atomic E-state index is 0.0657. The van der Waals surface area contributed by atoms with Gasteiger partial charge in [0.05, 0.1) is 5.69 Å². The standard InChI is InChI=1S/C11H18N2O3S2/c1-9(8-17(3)14)13-10-6-4-5-7-11(10)18(15,16)12-2/h4-7,9,12-13H,8H2,1-3H3. The van der Waals surface area contributed by atoms with Gasteiger partial charge in [0.1, 0.15) is 4.90 Å². The van der Waals surface area contributed by atoms with Crippen LogP contribution in [-0.2, 0) is 20.8 Å². The molecular weight excluding hydrogens is 272 g/mol. The first kappa shape index (κ1) is 15.1. The molecule has 0 heterocycles. The molecular formula is C11H18N2O3S2. The van der Waals surface area contributed by atoms with Gasteiger partial charge in [-0.3, -0.25) is 4.21 Å². The second kappa shape index (κ2) is 6.31. The summed E-state index contributed by atoms with van der Waals surface area (Å²) in [5.74, 6) is 0.466. The third kappa shape index (κ3) is 4.08. The van der Waals surface area contributed by atoms with E-state index in [0.717, 1.165) is 0 Å². The molecule has 0 aliphatic heterocycles. The van der Waals surface area contributed by atoms with Gasteiger partial charge in [-0.2, -0.15) is 0 Å². The lowest BCUT2D eigenvalue weighted by Gasteiger charge is -2.16. The summed E-state index contributed by atoms with van der Waals surface area (Å²) < 4.78 is 37.0. The van der Waals surface area contributed by atoms with E-state index < -0.39 is 20.8 Å². The molecule has 2 unspecified atom stereocenters. The molecule has 0 amide bonds. The summed E-state index contributed by atoms with van der Waals surface area (Å²) in [6.07, 6.45) is 1.62. The Morgan fingerprint density at radius 2 is 1.94 bits per heavy atom. The highest BCUT2D eigenvalue weighted by Gasteiger charge is 2.17. The van der Waals surface area contributed by atoms with E-state index in [0.29, 0.717) is 11.4 Å². The predicted octanol–water partition coefficient (Wildman–Crippen LogP) is 0.774. The first-order valence-electron chi connectivity index (χ1n) is 5.46. The molecule has 0 saturated heterocycles. The van der Waals surface area contributed by atoms with Crippen LogP contribution >= 0.6 is 0 Å². The summed E-state index contributed by atoms with van der Waals surface area (Å²) in [6, 6.07) is 6.58. The molecule has 2 N–H and O–H groups in total. The van der Waals surface area contributed by atoms with Gasteiger partial charge in [0.2, 0.25) is 10.0 Å². The smallest absolute Gasteiger partial charge is 0.242 e. The topological polar surface area (TPSA) is 75.3 Å². The number of sulfonamides is 1. The average molecular weight is 290 g/mol. The Hall–Kier alpha value is -0.920. The molecule has 0 fully saturated rings. The fourth-order valence-electron chi connectivity index (χ4n) is 1.59. The highest BCUT2D eigenvalue weighted by atomic mass is 32.2. The molecule has 7 heteroatoms. The fraction of sp³-hybridized carbons (Fsp3) is 0.455. The van der Waals surface area contributed by atoms with Crippen LogP contribution in [-0.4, -0.2) is 37.7 Å². The van der Waals surface area contributed by atoms with Gasteiger partial charge in [-0.25, -0.2) is 13.1 Å². The van der Waals surface area contributed by atoms with E-state index in [1.54, 1.807) is 24.5 Å². The lowest BCUT2D eigenvalue weighted by atomic mass is 10.3. The number of para-hydroxylation sites is 1. The summed E-state index contributed by atoms with van der Waals surface area (Å²) >= 11 is 0. The van der Waals surface area contributed by atoms with E-state index in [1.165, 1.54) is 13.1 Å². The van der Waals surface area contributed by atoms with E-state index in [9.17, 15) is 12.6 Å². The number of hydrogen-bond acceptors (Lipinski definition) is 4. The molecule has 1 aromatic rings. The highest BCUT2D eigenvalue weighted by molar-refractivity contribution is 7.89. The monoisotopic (exact) mass is 290 g/mol. The quantitative estimate of drug-likeness (QED) is 0.811. The number of hydrogen-bond donors (Lipinski definition) is 2. The van der Waals surface area contributed by atoms with Crippen molar-refractivity contribution < 1.29 is 12.6 Å². The van der Waals surface area contributed by atoms with E-state index in [1.807, 2.05) is 6.92 Å². The van der Waals surface area contributed by atoms with Crippen LogP contribution in [0.1, 0.15) is 6.92 Å². The lowest BCUT2D eigenvalue weighted by molar-refractivity contribution is 0.588. The second-order valence-electron chi connectivity index (χ2n) is 3.99. The normalized spacial score (nSPS) is 15.1. The first-order valence-corrected chi connectivity index (χ1v) is 8.67. The van der Waals surface area contributed by atoms with Crippen molar-refractivity contribution in [2.24, 2.45) is 0 Å². The van der Waals surface area contributed by atoms with Crippen molar-refractivity contribution in [2.45, 2.75) is 17.9 Å². The summed E-state index contributed by atoms with van der Waals surface area (Å²) in [6.45, 7) is 1.87. The number of anilines is 1. The molecule has 18 heavy (non-hydrogen) atoms. The van der Waals surface area contributed by atoms with Crippen LogP contribution in [0.15, 0.2) is 29.2 Å². The number of rotatable bonds is 6. The van der Waals surface area contributed by atoms with Gasteiger partial charge in [0, 0.05) is 28.9 Å². The van der Waals surface area contributed by atoms with E-state index in [2.05, 4.69) is 10.0 Å². The van der Waals surface area contributed by atoms with Gasteiger partial charge in [0.15, 0.2) is 0 Å². The molecule has 2 atom stereocenters.